The van der Waals surface area contributed by atoms with Crippen molar-refractivity contribution in [1.82, 2.24) is 9.78 Å². The molecule has 0 amide bonds. The van der Waals surface area contributed by atoms with Gasteiger partial charge in [-0.25, -0.2) is 0 Å². The predicted molar refractivity (Wildman–Crippen MR) is 70.6 cm³/mol. The molecule has 2 aromatic heterocycles. The summed E-state index contributed by atoms with van der Waals surface area (Å²) >= 11 is 7.25. The molecule has 0 aliphatic carbocycles. The van der Waals surface area contributed by atoms with Gasteiger partial charge in [-0.15, -0.1) is 11.3 Å². The van der Waals surface area contributed by atoms with Crippen molar-refractivity contribution in [2.45, 2.75) is 6.92 Å². The third-order valence-corrected chi connectivity index (χ3v) is 3.47. The maximum absolute atomic E-state index is 11.9. The Morgan fingerprint density at radius 3 is 2.82 bits per heavy atom. The fourth-order valence-corrected chi connectivity index (χ4v) is 2.47. The Hall–Kier alpha value is -1.39. The summed E-state index contributed by atoms with van der Waals surface area (Å²) in [4.78, 5) is 12.9. The number of hydrogen-bond acceptors (Lipinski definition) is 3. The summed E-state index contributed by atoms with van der Waals surface area (Å²) in [6, 6.07) is 3.69. The lowest BCUT2D eigenvalue weighted by Crippen LogP contribution is -1.94. The quantitative estimate of drug-likeness (QED) is 0.631. The lowest BCUT2D eigenvalue weighted by atomic mass is 10.1. The summed E-state index contributed by atoms with van der Waals surface area (Å²) in [5, 5.41) is 4.13. The van der Waals surface area contributed by atoms with Gasteiger partial charge in [0.25, 0.3) is 0 Å². The first-order chi connectivity index (χ1) is 8.06. The number of halogens is 1. The Bertz CT molecular complexity index is 583. The SMILES string of the molecule is Cc1nn(C)cc1C(=O)C=Cc1ccc(Cl)s1. The lowest BCUT2D eigenvalue weighted by molar-refractivity contribution is 0.104. The number of rotatable bonds is 3. The summed E-state index contributed by atoms with van der Waals surface area (Å²) < 4.78 is 2.35. The predicted octanol–water partition coefficient (Wildman–Crippen LogP) is 3.34. The highest BCUT2D eigenvalue weighted by Gasteiger charge is 2.09. The van der Waals surface area contributed by atoms with Crippen molar-refractivity contribution in [3.05, 3.63) is 44.9 Å². The lowest BCUT2D eigenvalue weighted by Gasteiger charge is -1.90. The number of aryl methyl sites for hydroxylation is 2. The zero-order valence-electron chi connectivity index (χ0n) is 9.48. The number of aromatic nitrogens is 2. The van der Waals surface area contributed by atoms with E-state index >= 15 is 0 Å². The van der Waals surface area contributed by atoms with Gasteiger partial charge < -0.3 is 0 Å². The largest absolute Gasteiger partial charge is 0.289 e. The first-order valence-corrected chi connectivity index (χ1v) is 6.23. The highest BCUT2D eigenvalue weighted by molar-refractivity contribution is 7.17. The first-order valence-electron chi connectivity index (χ1n) is 5.04. The molecule has 0 aliphatic rings. The molecule has 0 aromatic carbocycles. The van der Waals surface area contributed by atoms with Crippen LogP contribution in [0.15, 0.2) is 24.4 Å². The van der Waals surface area contributed by atoms with Crippen molar-refractivity contribution in [3.63, 3.8) is 0 Å². The fraction of sp³-hybridized carbons (Fsp3) is 0.167. The molecule has 2 heterocycles. The van der Waals surface area contributed by atoms with Gasteiger partial charge >= 0.3 is 0 Å². The summed E-state index contributed by atoms with van der Waals surface area (Å²) in [5.41, 5.74) is 1.37. The second kappa shape index (κ2) is 4.85. The van der Waals surface area contributed by atoms with Crippen molar-refractivity contribution >= 4 is 34.8 Å². The molecule has 0 saturated carbocycles. The Kier molecular flexibility index (Phi) is 3.45. The van der Waals surface area contributed by atoms with Gasteiger partial charge in [0.05, 0.1) is 15.6 Å². The molecular weight excluding hydrogens is 256 g/mol. The molecule has 0 atom stereocenters. The molecule has 0 spiro atoms. The van der Waals surface area contributed by atoms with Crippen LogP contribution in [0.5, 0.6) is 0 Å². The fourth-order valence-electron chi connectivity index (χ4n) is 1.51. The third-order valence-electron chi connectivity index (χ3n) is 2.27. The zero-order valence-corrected chi connectivity index (χ0v) is 11.0. The second-order valence-electron chi connectivity index (χ2n) is 3.64. The molecule has 3 nitrogen and oxygen atoms in total. The molecule has 0 unspecified atom stereocenters. The smallest absolute Gasteiger partial charge is 0.189 e. The van der Waals surface area contributed by atoms with Gasteiger partial charge in [0.15, 0.2) is 5.78 Å². The van der Waals surface area contributed by atoms with Gasteiger partial charge in [-0.2, -0.15) is 5.10 Å². The van der Waals surface area contributed by atoms with Crippen LogP contribution >= 0.6 is 22.9 Å². The summed E-state index contributed by atoms with van der Waals surface area (Å²) in [6.07, 6.45) is 5.04. The minimum absolute atomic E-state index is 0.0416. The Morgan fingerprint density at radius 2 is 2.29 bits per heavy atom. The Morgan fingerprint density at radius 1 is 1.53 bits per heavy atom. The summed E-state index contributed by atoms with van der Waals surface area (Å²) in [5.74, 6) is -0.0416. The molecule has 0 radical (unpaired) electrons. The maximum Gasteiger partial charge on any atom is 0.189 e. The Labute approximate surface area is 108 Å². The van der Waals surface area contributed by atoms with Gasteiger partial charge in [0.2, 0.25) is 0 Å². The number of carbonyl (C=O) groups is 1. The standard InChI is InChI=1S/C12H11ClN2OS/c1-8-10(7-15(2)14-8)11(16)5-3-9-4-6-12(13)17-9/h3-7H,1-2H3. The third kappa shape index (κ3) is 2.84. The van der Waals surface area contributed by atoms with Crippen LogP contribution in [0.4, 0.5) is 0 Å². The van der Waals surface area contributed by atoms with Gasteiger partial charge in [-0.1, -0.05) is 11.6 Å². The average Bonchev–Trinajstić information content (AvgIpc) is 2.81. The van der Waals surface area contributed by atoms with E-state index in [9.17, 15) is 4.79 Å². The molecule has 2 aromatic rings. The van der Waals surface area contributed by atoms with E-state index in [2.05, 4.69) is 5.10 Å². The number of carbonyl (C=O) groups excluding carboxylic acids is 1. The van der Waals surface area contributed by atoms with Crippen LogP contribution < -0.4 is 0 Å². The minimum Gasteiger partial charge on any atom is -0.289 e. The van der Waals surface area contributed by atoms with Gasteiger partial charge in [-0.05, 0) is 31.2 Å². The van der Waals surface area contributed by atoms with E-state index in [1.54, 1.807) is 30.1 Å². The van der Waals surface area contributed by atoms with Crippen LogP contribution in [-0.4, -0.2) is 15.6 Å². The van der Waals surface area contributed by atoms with Crippen LogP contribution in [0.2, 0.25) is 4.34 Å². The number of nitrogens with zero attached hydrogens (tertiary/aromatic N) is 2. The van der Waals surface area contributed by atoms with Crippen molar-refractivity contribution in [2.24, 2.45) is 7.05 Å². The van der Waals surface area contributed by atoms with Crippen LogP contribution in [0.1, 0.15) is 20.9 Å². The van der Waals surface area contributed by atoms with Gasteiger partial charge in [-0.3, -0.25) is 9.48 Å². The van der Waals surface area contributed by atoms with Crippen LogP contribution in [0, 0.1) is 6.92 Å². The van der Waals surface area contributed by atoms with Gasteiger partial charge in [0.1, 0.15) is 0 Å². The second-order valence-corrected chi connectivity index (χ2v) is 5.39. The zero-order chi connectivity index (χ0) is 12.4. The highest BCUT2D eigenvalue weighted by Crippen LogP contribution is 2.22. The molecule has 0 saturated heterocycles. The van der Waals surface area contributed by atoms with E-state index in [1.165, 1.54) is 11.3 Å². The summed E-state index contributed by atoms with van der Waals surface area (Å²) in [6.45, 7) is 1.82. The number of ketones is 1. The van der Waals surface area contributed by atoms with Crippen molar-refractivity contribution in [1.29, 1.82) is 0 Å². The van der Waals surface area contributed by atoms with Gasteiger partial charge in [0, 0.05) is 18.1 Å². The molecule has 88 valence electrons. The molecule has 2 rings (SSSR count). The molecule has 0 aliphatic heterocycles. The minimum atomic E-state index is -0.0416. The highest BCUT2D eigenvalue weighted by atomic mass is 35.5. The van der Waals surface area contributed by atoms with E-state index in [0.717, 1.165) is 14.9 Å². The van der Waals surface area contributed by atoms with E-state index < -0.39 is 0 Å². The average molecular weight is 267 g/mol. The number of hydrogen-bond donors (Lipinski definition) is 0. The Balaban J connectivity index is 2.17. The van der Waals surface area contributed by atoms with E-state index in [1.807, 2.05) is 19.1 Å². The van der Waals surface area contributed by atoms with Crippen LogP contribution in [-0.2, 0) is 7.05 Å². The maximum atomic E-state index is 11.9. The number of allylic oxidation sites excluding steroid dienone is 1. The monoisotopic (exact) mass is 266 g/mol. The molecular formula is C12H11ClN2OS. The number of thiophene rings is 1. The van der Waals surface area contributed by atoms with Crippen LogP contribution in [0.25, 0.3) is 6.08 Å². The normalized spacial score (nSPS) is 11.2. The van der Waals surface area contributed by atoms with E-state index in [0.29, 0.717) is 5.56 Å². The molecule has 0 N–H and O–H groups in total. The molecule has 0 fully saturated rings. The topological polar surface area (TPSA) is 34.9 Å². The van der Waals surface area contributed by atoms with Crippen molar-refractivity contribution in [2.75, 3.05) is 0 Å². The van der Waals surface area contributed by atoms with Crippen molar-refractivity contribution in [3.8, 4) is 0 Å². The van der Waals surface area contributed by atoms with Crippen molar-refractivity contribution < 1.29 is 4.79 Å². The van der Waals surface area contributed by atoms with E-state index in [-0.39, 0.29) is 5.78 Å². The van der Waals surface area contributed by atoms with E-state index in [4.69, 9.17) is 11.6 Å². The molecule has 0 bridgehead atoms. The van der Waals surface area contributed by atoms with Crippen LogP contribution in [0.3, 0.4) is 0 Å². The first kappa shape index (κ1) is 12.1. The molecule has 17 heavy (non-hydrogen) atoms. The summed E-state index contributed by atoms with van der Waals surface area (Å²) in [7, 11) is 1.80. The molecule has 5 heteroatoms.